The first-order valence-electron chi connectivity index (χ1n) is 6.43. The van der Waals surface area contributed by atoms with Crippen LogP contribution in [0.1, 0.15) is 23.2 Å². The molecule has 5 nitrogen and oxygen atoms in total. The van der Waals surface area contributed by atoms with Crippen molar-refractivity contribution in [3.8, 4) is 0 Å². The summed E-state index contributed by atoms with van der Waals surface area (Å²) in [6.07, 6.45) is 1.93. The largest absolute Gasteiger partial charge is 0.381 e. The number of ether oxygens (including phenoxy) is 1. The number of hydrogen-bond acceptors (Lipinski definition) is 4. The number of carbonyl (C=O) groups excluding carboxylic acids is 1. The van der Waals surface area contributed by atoms with Gasteiger partial charge in [0.15, 0.2) is 11.6 Å². The second-order valence-electron chi connectivity index (χ2n) is 4.75. The third kappa shape index (κ3) is 3.43. The number of nitrogen functional groups attached to an aromatic ring is 1. The lowest BCUT2D eigenvalue weighted by atomic mass is 10.0. The Bertz CT molecular complexity index is 467. The SMILES string of the molecule is NNc1c(F)cc(C(=O)NCC2CCCOC2)cc1F. The van der Waals surface area contributed by atoms with Crippen LogP contribution in [-0.2, 0) is 4.74 Å². The summed E-state index contributed by atoms with van der Waals surface area (Å²) in [5.74, 6) is 2.91. The molecule has 1 unspecified atom stereocenters. The van der Waals surface area contributed by atoms with Gasteiger partial charge in [0.25, 0.3) is 5.91 Å². The van der Waals surface area contributed by atoms with E-state index in [1.807, 2.05) is 5.43 Å². The van der Waals surface area contributed by atoms with Gasteiger partial charge in [-0.05, 0) is 30.9 Å². The molecule has 110 valence electrons. The third-order valence-corrected chi connectivity index (χ3v) is 3.25. The first kappa shape index (κ1) is 14.7. The van der Waals surface area contributed by atoms with Crippen molar-refractivity contribution >= 4 is 11.6 Å². The Morgan fingerprint density at radius 3 is 2.65 bits per heavy atom. The van der Waals surface area contributed by atoms with E-state index >= 15 is 0 Å². The fourth-order valence-electron chi connectivity index (χ4n) is 2.15. The Morgan fingerprint density at radius 1 is 1.40 bits per heavy atom. The molecule has 1 atom stereocenters. The highest BCUT2D eigenvalue weighted by Gasteiger charge is 2.17. The topological polar surface area (TPSA) is 76.4 Å². The second-order valence-corrected chi connectivity index (χ2v) is 4.75. The van der Waals surface area contributed by atoms with E-state index < -0.39 is 23.2 Å². The lowest BCUT2D eigenvalue weighted by Crippen LogP contribution is -2.33. The number of rotatable bonds is 4. The molecule has 2 rings (SSSR count). The lowest BCUT2D eigenvalue weighted by molar-refractivity contribution is 0.0536. The molecule has 0 aliphatic carbocycles. The average molecular weight is 285 g/mol. The fraction of sp³-hybridized carbons (Fsp3) is 0.462. The lowest BCUT2D eigenvalue weighted by Gasteiger charge is -2.22. The molecule has 4 N–H and O–H groups in total. The number of anilines is 1. The molecule has 0 aromatic heterocycles. The highest BCUT2D eigenvalue weighted by Crippen LogP contribution is 2.20. The Morgan fingerprint density at radius 2 is 2.10 bits per heavy atom. The van der Waals surface area contributed by atoms with Crippen LogP contribution in [0.4, 0.5) is 14.5 Å². The predicted octanol–water partition coefficient (Wildman–Crippen LogP) is 1.41. The molecule has 1 aromatic carbocycles. The summed E-state index contributed by atoms with van der Waals surface area (Å²) >= 11 is 0. The van der Waals surface area contributed by atoms with Gasteiger partial charge in [-0.15, -0.1) is 0 Å². The number of benzene rings is 1. The van der Waals surface area contributed by atoms with Gasteiger partial charge in [-0.3, -0.25) is 10.6 Å². The average Bonchev–Trinajstić information content (AvgIpc) is 2.45. The molecular weight excluding hydrogens is 268 g/mol. The van der Waals surface area contributed by atoms with Crippen molar-refractivity contribution in [2.45, 2.75) is 12.8 Å². The van der Waals surface area contributed by atoms with Gasteiger partial charge in [0.2, 0.25) is 0 Å². The van der Waals surface area contributed by atoms with Crippen molar-refractivity contribution in [2.75, 3.05) is 25.2 Å². The molecule has 1 saturated heterocycles. The van der Waals surface area contributed by atoms with Gasteiger partial charge in [0.05, 0.1) is 6.61 Å². The van der Waals surface area contributed by atoms with Crippen LogP contribution >= 0.6 is 0 Å². The van der Waals surface area contributed by atoms with Crippen LogP contribution in [0.2, 0.25) is 0 Å². The maximum absolute atomic E-state index is 13.5. The zero-order valence-electron chi connectivity index (χ0n) is 10.9. The van der Waals surface area contributed by atoms with Crippen molar-refractivity contribution in [1.82, 2.24) is 5.32 Å². The van der Waals surface area contributed by atoms with Gasteiger partial charge < -0.3 is 15.5 Å². The monoisotopic (exact) mass is 285 g/mol. The minimum atomic E-state index is -0.904. The summed E-state index contributed by atoms with van der Waals surface area (Å²) in [7, 11) is 0. The molecule has 0 bridgehead atoms. The number of nitrogens with two attached hydrogens (primary N) is 1. The fourth-order valence-corrected chi connectivity index (χ4v) is 2.15. The van der Waals surface area contributed by atoms with E-state index in [-0.39, 0.29) is 11.5 Å². The van der Waals surface area contributed by atoms with Crippen LogP contribution in [0.25, 0.3) is 0 Å². The number of hydrogen-bond donors (Lipinski definition) is 3. The maximum atomic E-state index is 13.5. The van der Waals surface area contributed by atoms with E-state index in [0.29, 0.717) is 13.2 Å². The number of amides is 1. The van der Waals surface area contributed by atoms with Gasteiger partial charge in [-0.25, -0.2) is 8.78 Å². The minimum Gasteiger partial charge on any atom is -0.381 e. The van der Waals surface area contributed by atoms with Crippen LogP contribution in [0, 0.1) is 17.6 Å². The van der Waals surface area contributed by atoms with Crippen LogP contribution in [-0.4, -0.2) is 25.7 Å². The first-order valence-corrected chi connectivity index (χ1v) is 6.43. The number of nitrogens with one attached hydrogen (secondary N) is 2. The minimum absolute atomic E-state index is 0.0734. The van der Waals surface area contributed by atoms with E-state index in [0.717, 1.165) is 31.6 Å². The molecular formula is C13H17F2N3O2. The summed E-state index contributed by atoms with van der Waals surface area (Å²) in [5.41, 5.74) is 1.39. The zero-order chi connectivity index (χ0) is 14.5. The molecule has 0 radical (unpaired) electrons. The van der Waals surface area contributed by atoms with Crippen LogP contribution in [0.3, 0.4) is 0 Å². The molecule has 1 aliphatic heterocycles. The van der Waals surface area contributed by atoms with Crippen LogP contribution < -0.4 is 16.6 Å². The summed E-state index contributed by atoms with van der Waals surface area (Å²) in [5, 5.41) is 2.66. The second kappa shape index (κ2) is 6.62. The van der Waals surface area contributed by atoms with Gasteiger partial charge in [0.1, 0.15) is 5.69 Å². The maximum Gasteiger partial charge on any atom is 0.251 e. The quantitative estimate of drug-likeness (QED) is 0.577. The summed E-state index contributed by atoms with van der Waals surface area (Å²) < 4.78 is 32.3. The third-order valence-electron chi connectivity index (χ3n) is 3.25. The number of carbonyl (C=O) groups is 1. The molecule has 0 saturated carbocycles. The highest BCUT2D eigenvalue weighted by molar-refractivity contribution is 5.94. The summed E-state index contributed by atoms with van der Waals surface area (Å²) in [6, 6.07) is 1.90. The molecule has 0 spiro atoms. The van der Waals surface area contributed by atoms with Crippen LogP contribution in [0.5, 0.6) is 0 Å². The van der Waals surface area contributed by atoms with Crippen molar-refractivity contribution in [3.63, 3.8) is 0 Å². The molecule has 1 amide bonds. The molecule has 1 fully saturated rings. The first-order chi connectivity index (χ1) is 9.61. The van der Waals surface area contributed by atoms with E-state index in [1.165, 1.54) is 0 Å². The van der Waals surface area contributed by atoms with Crippen molar-refractivity contribution < 1.29 is 18.3 Å². The van der Waals surface area contributed by atoms with E-state index in [4.69, 9.17) is 10.6 Å². The normalized spacial score (nSPS) is 18.6. The molecule has 1 aliphatic rings. The van der Waals surface area contributed by atoms with E-state index in [9.17, 15) is 13.6 Å². The molecule has 20 heavy (non-hydrogen) atoms. The van der Waals surface area contributed by atoms with Crippen molar-refractivity contribution in [2.24, 2.45) is 11.8 Å². The number of hydrazine groups is 1. The molecule has 7 heteroatoms. The summed E-state index contributed by atoms with van der Waals surface area (Å²) in [4.78, 5) is 11.9. The Kier molecular flexibility index (Phi) is 4.86. The van der Waals surface area contributed by atoms with Crippen molar-refractivity contribution in [1.29, 1.82) is 0 Å². The van der Waals surface area contributed by atoms with E-state index in [1.54, 1.807) is 0 Å². The number of halogens is 2. The van der Waals surface area contributed by atoms with Gasteiger partial charge >= 0.3 is 0 Å². The van der Waals surface area contributed by atoms with Crippen molar-refractivity contribution in [3.05, 3.63) is 29.3 Å². The van der Waals surface area contributed by atoms with Crippen LogP contribution in [0.15, 0.2) is 12.1 Å². The van der Waals surface area contributed by atoms with Gasteiger partial charge in [-0.1, -0.05) is 0 Å². The molecule has 1 heterocycles. The standard InChI is InChI=1S/C13H17F2N3O2/c14-10-4-9(5-11(15)12(10)18-16)13(19)17-6-8-2-1-3-20-7-8/h4-5,8,18H,1-3,6-7,16H2,(H,17,19). The highest BCUT2D eigenvalue weighted by atomic mass is 19.1. The Balaban J connectivity index is 1.98. The zero-order valence-corrected chi connectivity index (χ0v) is 10.9. The molecule has 1 aromatic rings. The Labute approximate surface area is 115 Å². The van der Waals surface area contributed by atoms with Gasteiger partial charge in [0, 0.05) is 18.7 Å². The van der Waals surface area contributed by atoms with E-state index in [2.05, 4.69) is 5.32 Å². The predicted molar refractivity (Wildman–Crippen MR) is 70.0 cm³/mol. The smallest absolute Gasteiger partial charge is 0.251 e. The Hall–Kier alpha value is -1.73. The van der Waals surface area contributed by atoms with Gasteiger partial charge in [-0.2, -0.15) is 0 Å². The summed E-state index contributed by atoms with van der Waals surface area (Å²) in [6.45, 7) is 1.77.